The molecule has 0 aliphatic rings. The van der Waals surface area contributed by atoms with Crippen LogP contribution < -0.4 is 5.32 Å². The Morgan fingerprint density at radius 2 is 1.83 bits per heavy atom. The van der Waals surface area contributed by atoms with Crippen molar-refractivity contribution in [2.45, 2.75) is 11.7 Å². The van der Waals surface area contributed by atoms with Crippen LogP contribution in [0.3, 0.4) is 0 Å². The molecule has 0 radical (unpaired) electrons. The highest BCUT2D eigenvalue weighted by molar-refractivity contribution is 7.86. The second-order valence-electron chi connectivity index (χ2n) is 3.14. The molecule has 0 aromatic rings. The van der Waals surface area contributed by atoms with Crippen molar-refractivity contribution < 1.29 is 37.6 Å². The molecule has 1 unspecified atom stereocenters. The molecular formula is C8H11NO8S. The quantitative estimate of drug-likeness (QED) is 0.235. The predicted molar refractivity (Wildman–Crippen MR) is 57.4 cm³/mol. The second kappa shape index (κ2) is 6.71. The van der Waals surface area contributed by atoms with E-state index in [-0.39, 0.29) is 6.29 Å². The molecule has 0 aliphatic carbocycles. The van der Waals surface area contributed by atoms with Crippen molar-refractivity contribution in [1.82, 2.24) is 5.32 Å². The minimum atomic E-state index is -4.65. The Labute approximate surface area is 102 Å². The molecule has 0 aliphatic heterocycles. The van der Waals surface area contributed by atoms with Gasteiger partial charge in [-0.3, -0.25) is 14.1 Å². The number of rotatable bonds is 8. The van der Waals surface area contributed by atoms with Crippen LogP contribution >= 0.6 is 0 Å². The number of hydrogen-bond donors (Lipinski definition) is 4. The van der Waals surface area contributed by atoms with Crippen molar-refractivity contribution in [2.75, 3.05) is 6.54 Å². The fourth-order valence-electron chi connectivity index (χ4n) is 0.975. The van der Waals surface area contributed by atoms with Crippen LogP contribution in [0, 0.1) is 0 Å². The van der Waals surface area contributed by atoms with Crippen LogP contribution in [0.1, 0.15) is 6.42 Å². The molecule has 9 nitrogen and oxygen atoms in total. The zero-order valence-corrected chi connectivity index (χ0v) is 9.75. The van der Waals surface area contributed by atoms with E-state index in [1.807, 2.05) is 0 Å². The van der Waals surface area contributed by atoms with Crippen LogP contribution in [0.5, 0.6) is 0 Å². The van der Waals surface area contributed by atoms with Gasteiger partial charge in [-0.15, -0.1) is 0 Å². The standard InChI is InChI=1S/C8H11NO8S/c10-2-1-6(8(13)14)9-4-5(3-7(11)12)18(15,16)17/h1-2,5,9H,3-4H2,(H,11,12)(H,13,14)(H,15,16,17)/b6-1+. The van der Waals surface area contributed by atoms with Gasteiger partial charge in [0.25, 0.3) is 10.1 Å². The molecule has 18 heavy (non-hydrogen) atoms. The summed E-state index contributed by atoms with van der Waals surface area (Å²) in [6.45, 7) is -0.656. The third-order valence-electron chi connectivity index (χ3n) is 1.81. The lowest BCUT2D eigenvalue weighted by molar-refractivity contribution is -0.137. The van der Waals surface area contributed by atoms with Gasteiger partial charge in [0, 0.05) is 12.6 Å². The van der Waals surface area contributed by atoms with Gasteiger partial charge in [-0.2, -0.15) is 8.42 Å². The van der Waals surface area contributed by atoms with Crippen LogP contribution in [0.25, 0.3) is 0 Å². The van der Waals surface area contributed by atoms with Crippen LogP contribution in [0.2, 0.25) is 0 Å². The molecule has 10 heteroatoms. The van der Waals surface area contributed by atoms with Crippen LogP contribution in [0.4, 0.5) is 0 Å². The van der Waals surface area contributed by atoms with Gasteiger partial charge in [0.2, 0.25) is 0 Å². The van der Waals surface area contributed by atoms with E-state index in [0.717, 1.165) is 0 Å². The Hall–Kier alpha value is -1.94. The molecule has 0 bridgehead atoms. The molecule has 0 saturated heterocycles. The number of carbonyl (C=O) groups excluding carboxylic acids is 1. The van der Waals surface area contributed by atoms with Crippen molar-refractivity contribution in [2.24, 2.45) is 0 Å². The lowest BCUT2D eigenvalue weighted by atomic mass is 10.3. The molecule has 0 amide bonds. The van der Waals surface area contributed by atoms with Crippen molar-refractivity contribution in [3.8, 4) is 0 Å². The lowest BCUT2D eigenvalue weighted by Gasteiger charge is -2.13. The van der Waals surface area contributed by atoms with E-state index in [9.17, 15) is 22.8 Å². The van der Waals surface area contributed by atoms with E-state index in [1.165, 1.54) is 0 Å². The minimum Gasteiger partial charge on any atom is -0.481 e. The SMILES string of the molecule is O=C/C=C(/NCC(CC(=O)O)S(=O)(=O)O)C(=O)O. The Morgan fingerprint density at radius 3 is 2.17 bits per heavy atom. The average molecular weight is 281 g/mol. The van der Waals surface area contributed by atoms with E-state index in [1.54, 1.807) is 0 Å². The fourth-order valence-corrected chi connectivity index (χ4v) is 1.62. The molecule has 0 saturated carbocycles. The number of nitrogens with one attached hydrogen (secondary N) is 1. The maximum atomic E-state index is 10.8. The maximum absolute atomic E-state index is 10.8. The average Bonchev–Trinajstić information content (AvgIpc) is 2.19. The Bertz CT molecular complexity index is 465. The van der Waals surface area contributed by atoms with Gasteiger partial charge in [0.1, 0.15) is 17.2 Å². The number of allylic oxidation sites excluding steroid dienone is 1. The van der Waals surface area contributed by atoms with E-state index in [0.29, 0.717) is 6.08 Å². The minimum absolute atomic E-state index is 0.163. The summed E-state index contributed by atoms with van der Waals surface area (Å²) in [4.78, 5) is 31.0. The van der Waals surface area contributed by atoms with Crippen LogP contribution in [-0.2, 0) is 24.5 Å². The van der Waals surface area contributed by atoms with Gasteiger partial charge in [-0.05, 0) is 0 Å². The zero-order chi connectivity index (χ0) is 14.3. The van der Waals surface area contributed by atoms with Gasteiger partial charge >= 0.3 is 11.9 Å². The largest absolute Gasteiger partial charge is 0.481 e. The smallest absolute Gasteiger partial charge is 0.352 e. The molecule has 0 heterocycles. The lowest BCUT2D eigenvalue weighted by Crippen LogP contribution is -2.36. The first-order valence-electron chi connectivity index (χ1n) is 4.49. The van der Waals surface area contributed by atoms with Crippen molar-refractivity contribution in [1.29, 1.82) is 0 Å². The predicted octanol–water partition coefficient (Wildman–Crippen LogP) is -1.53. The summed E-state index contributed by atoms with van der Waals surface area (Å²) >= 11 is 0. The molecule has 4 N–H and O–H groups in total. The van der Waals surface area contributed by atoms with E-state index in [2.05, 4.69) is 5.32 Å². The first-order chi connectivity index (χ1) is 8.18. The molecule has 0 aromatic carbocycles. The van der Waals surface area contributed by atoms with Crippen LogP contribution in [-0.4, -0.2) is 53.2 Å². The number of carboxylic acid groups (broad SMARTS) is 2. The summed E-state index contributed by atoms with van der Waals surface area (Å²) in [6, 6.07) is 0. The molecular weight excluding hydrogens is 270 g/mol. The molecule has 0 spiro atoms. The Kier molecular flexibility index (Phi) is 5.99. The highest BCUT2D eigenvalue weighted by Gasteiger charge is 2.26. The zero-order valence-electron chi connectivity index (χ0n) is 8.94. The topological polar surface area (TPSA) is 158 Å². The number of carbonyl (C=O) groups is 3. The first kappa shape index (κ1) is 16.1. The number of aldehydes is 1. The van der Waals surface area contributed by atoms with Crippen molar-refractivity contribution in [3.63, 3.8) is 0 Å². The number of aliphatic carboxylic acids is 2. The highest BCUT2D eigenvalue weighted by atomic mass is 32.2. The summed E-state index contributed by atoms with van der Waals surface area (Å²) < 4.78 is 30.4. The summed E-state index contributed by atoms with van der Waals surface area (Å²) in [5, 5.41) is 17.4. The third kappa shape index (κ3) is 5.96. The summed E-state index contributed by atoms with van der Waals surface area (Å²) in [5.74, 6) is -3.00. The van der Waals surface area contributed by atoms with Gasteiger partial charge in [-0.1, -0.05) is 0 Å². The highest BCUT2D eigenvalue weighted by Crippen LogP contribution is 2.04. The van der Waals surface area contributed by atoms with E-state index >= 15 is 0 Å². The van der Waals surface area contributed by atoms with E-state index < -0.39 is 46.0 Å². The molecule has 0 fully saturated rings. The Balaban J connectivity index is 4.81. The summed E-state index contributed by atoms with van der Waals surface area (Å²) in [7, 11) is -4.65. The monoisotopic (exact) mass is 281 g/mol. The molecule has 0 rings (SSSR count). The number of hydrogen-bond acceptors (Lipinski definition) is 6. The fraction of sp³-hybridized carbons (Fsp3) is 0.375. The number of carboxylic acids is 2. The molecule has 1 atom stereocenters. The molecule has 102 valence electrons. The van der Waals surface area contributed by atoms with Gasteiger partial charge in [0.05, 0.1) is 6.42 Å². The summed E-state index contributed by atoms with van der Waals surface area (Å²) in [6.07, 6.45) is -0.111. The molecule has 0 aromatic heterocycles. The van der Waals surface area contributed by atoms with Crippen LogP contribution in [0.15, 0.2) is 11.8 Å². The normalized spacial score (nSPS) is 13.7. The maximum Gasteiger partial charge on any atom is 0.352 e. The van der Waals surface area contributed by atoms with E-state index in [4.69, 9.17) is 14.8 Å². The summed E-state index contributed by atoms with van der Waals surface area (Å²) in [5.41, 5.74) is -0.607. The first-order valence-corrected chi connectivity index (χ1v) is 5.99. The van der Waals surface area contributed by atoms with Gasteiger partial charge in [-0.25, -0.2) is 4.79 Å². The van der Waals surface area contributed by atoms with Crippen molar-refractivity contribution in [3.05, 3.63) is 11.8 Å². The third-order valence-corrected chi connectivity index (χ3v) is 2.98. The van der Waals surface area contributed by atoms with Gasteiger partial charge in [0.15, 0.2) is 0 Å². The van der Waals surface area contributed by atoms with Crippen molar-refractivity contribution >= 4 is 28.3 Å². The Morgan fingerprint density at radius 1 is 1.28 bits per heavy atom. The second-order valence-corrected chi connectivity index (χ2v) is 4.83. The van der Waals surface area contributed by atoms with Gasteiger partial charge < -0.3 is 15.5 Å².